The second-order valence-corrected chi connectivity index (χ2v) is 4.64. The zero-order valence-corrected chi connectivity index (χ0v) is 11.4. The van der Waals surface area contributed by atoms with E-state index in [1.54, 1.807) is 0 Å². The van der Waals surface area contributed by atoms with E-state index in [-0.39, 0.29) is 6.10 Å². The Morgan fingerprint density at radius 1 is 1.00 bits per heavy atom. The third kappa shape index (κ3) is 4.08. The summed E-state index contributed by atoms with van der Waals surface area (Å²) in [5, 5.41) is 0. The number of rotatable bonds is 6. The van der Waals surface area contributed by atoms with E-state index in [4.69, 9.17) is 4.74 Å². The van der Waals surface area contributed by atoms with Gasteiger partial charge in [0.05, 0.1) is 12.7 Å². The molecule has 0 aliphatic carbocycles. The van der Waals surface area contributed by atoms with E-state index in [9.17, 15) is 0 Å². The van der Waals surface area contributed by atoms with E-state index in [1.165, 1.54) is 11.1 Å². The van der Waals surface area contributed by atoms with E-state index < -0.39 is 0 Å². The van der Waals surface area contributed by atoms with Crippen LogP contribution in [0.25, 0.3) is 5.57 Å². The molecule has 1 unspecified atom stereocenters. The lowest BCUT2D eigenvalue weighted by Crippen LogP contribution is -2.02. The zero-order valence-electron chi connectivity index (χ0n) is 11.4. The second kappa shape index (κ2) is 6.91. The summed E-state index contributed by atoms with van der Waals surface area (Å²) in [7, 11) is 0. The van der Waals surface area contributed by atoms with Crippen molar-refractivity contribution in [2.75, 3.05) is 6.61 Å². The fraction of sp³-hybridized carbons (Fsp3) is 0.222. The van der Waals surface area contributed by atoms with Crippen LogP contribution in [0.4, 0.5) is 0 Å². The van der Waals surface area contributed by atoms with Gasteiger partial charge in [-0.05, 0) is 30.0 Å². The smallest absolute Gasteiger partial charge is 0.0796 e. The molecule has 0 spiro atoms. The largest absolute Gasteiger partial charge is 0.373 e. The topological polar surface area (TPSA) is 9.23 Å². The average molecular weight is 252 g/mol. The molecule has 1 atom stereocenters. The summed E-state index contributed by atoms with van der Waals surface area (Å²) in [4.78, 5) is 0. The van der Waals surface area contributed by atoms with Crippen LogP contribution in [0, 0.1) is 0 Å². The molecule has 2 aromatic carbocycles. The van der Waals surface area contributed by atoms with Crippen LogP contribution in [-0.2, 0) is 4.74 Å². The minimum Gasteiger partial charge on any atom is -0.373 e. The number of hydrogen-bond donors (Lipinski definition) is 0. The Labute approximate surface area is 115 Å². The highest BCUT2D eigenvalue weighted by molar-refractivity contribution is 5.62. The molecule has 98 valence electrons. The molecule has 0 saturated carbocycles. The summed E-state index contributed by atoms with van der Waals surface area (Å²) in [6.07, 6.45) is 0.992. The van der Waals surface area contributed by atoms with Crippen molar-refractivity contribution in [2.45, 2.75) is 19.4 Å². The highest BCUT2D eigenvalue weighted by atomic mass is 16.5. The van der Waals surface area contributed by atoms with Gasteiger partial charge in [0, 0.05) is 0 Å². The standard InChI is InChI=1S/C18H20O/c1-15(17-9-5-3-6-10-17)13-14-19-16(2)18-11-7-4-8-12-18/h3-12,16H,1,13-14H2,2H3. The molecule has 19 heavy (non-hydrogen) atoms. The van der Waals surface area contributed by atoms with Gasteiger partial charge < -0.3 is 4.74 Å². The molecule has 0 aromatic heterocycles. The maximum atomic E-state index is 5.86. The molecule has 2 rings (SSSR count). The summed E-state index contributed by atoms with van der Waals surface area (Å²) in [5.41, 5.74) is 3.53. The van der Waals surface area contributed by atoms with Crippen LogP contribution >= 0.6 is 0 Å². The minimum atomic E-state index is 0.129. The van der Waals surface area contributed by atoms with Crippen LogP contribution < -0.4 is 0 Å². The van der Waals surface area contributed by atoms with Gasteiger partial charge in [-0.2, -0.15) is 0 Å². The Bertz CT molecular complexity index is 502. The Morgan fingerprint density at radius 2 is 1.58 bits per heavy atom. The van der Waals surface area contributed by atoms with E-state index in [2.05, 4.69) is 37.8 Å². The highest BCUT2D eigenvalue weighted by Gasteiger charge is 2.05. The summed E-state index contributed by atoms with van der Waals surface area (Å²) in [5.74, 6) is 0. The first kappa shape index (κ1) is 13.6. The van der Waals surface area contributed by atoms with E-state index in [0.29, 0.717) is 6.61 Å². The van der Waals surface area contributed by atoms with Gasteiger partial charge in [0.2, 0.25) is 0 Å². The molecule has 1 heteroatoms. The van der Waals surface area contributed by atoms with Gasteiger partial charge in [-0.15, -0.1) is 0 Å². The molecular formula is C18H20O. The van der Waals surface area contributed by atoms with Crippen LogP contribution in [0.2, 0.25) is 0 Å². The Morgan fingerprint density at radius 3 is 2.21 bits per heavy atom. The highest BCUT2D eigenvalue weighted by Crippen LogP contribution is 2.19. The molecule has 2 aromatic rings. The lowest BCUT2D eigenvalue weighted by Gasteiger charge is -2.14. The molecular weight excluding hydrogens is 232 g/mol. The zero-order chi connectivity index (χ0) is 13.5. The third-order valence-corrected chi connectivity index (χ3v) is 3.22. The molecule has 0 heterocycles. The molecule has 0 aliphatic heterocycles. The molecule has 0 radical (unpaired) electrons. The molecule has 0 aliphatic rings. The SMILES string of the molecule is C=C(CCOC(C)c1ccccc1)c1ccccc1. The number of hydrogen-bond acceptors (Lipinski definition) is 1. The third-order valence-electron chi connectivity index (χ3n) is 3.22. The molecule has 0 bridgehead atoms. The van der Waals surface area contributed by atoms with Crippen LogP contribution in [0.3, 0.4) is 0 Å². The maximum absolute atomic E-state index is 5.86. The first-order valence-corrected chi connectivity index (χ1v) is 6.67. The summed E-state index contributed by atoms with van der Waals surface area (Å²) in [6.45, 7) is 6.90. The lowest BCUT2D eigenvalue weighted by atomic mass is 10.1. The summed E-state index contributed by atoms with van der Waals surface area (Å²) in [6, 6.07) is 20.6. The minimum absolute atomic E-state index is 0.129. The van der Waals surface area contributed by atoms with Crippen LogP contribution in [-0.4, -0.2) is 6.61 Å². The van der Waals surface area contributed by atoms with Crippen molar-refractivity contribution < 1.29 is 4.74 Å². The maximum Gasteiger partial charge on any atom is 0.0796 e. The van der Waals surface area contributed by atoms with Crippen molar-refractivity contribution in [3.05, 3.63) is 78.4 Å². The Kier molecular flexibility index (Phi) is 4.93. The van der Waals surface area contributed by atoms with Crippen molar-refractivity contribution in [1.82, 2.24) is 0 Å². The first-order valence-electron chi connectivity index (χ1n) is 6.67. The first-order chi connectivity index (χ1) is 9.27. The van der Waals surface area contributed by atoms with Gasteiger partial charge in [0.1, 0.15) is 0 Å². The molecule has 0 N–H and O–H groups in total. The van der Waals surface area contributed by atoms with Crippen LogP contribution in [0.5, 0.6) is 0 Å². The van der Waals surface area contributed by atoms with Gasteiger partial charge in [0.15, 0.2) is 0 Å². The Balaban J connectivity index is 1.79. The van der Waals surface area contributed by atoms with E-state index >= 15 is 0 Å². The van der Waals surface area contributed by atoms with Crippen molar-refractivity contribution in [2.24, 2.45) is 0 Å². The van der Waals surface area contributed by atoms with Crippen molar-refractivity contribution in [3.63, 3.8) is 0 Å². The monoisotopic (exact) mass is 252 g/mol. The lowest BCUT2D eigenvalue weighted by molar-refractivity contribution is 0.0703. The van der Waals surface area contributed by atoms with Gasteiger partial charge in [-0.3, -0.25) is 0 Å². The van der Waals surface area contributed by atoms with Crippen molar-refractivity contribution in [1.29, 1.82) is 0 Å². The van der Waals surface area contributed by atoms with Gasteiger partial charge in [0.25, 0.3) is 0 Å². The molecule has 0 saturated heterocycles. The van der Waals surface area contributed by atoms with Crippen LogP contribution in [0.1, 0.15) is 30.6 Å². The van der Waals surface area contributed by atoms with E-state index in [0.717, 1.165) is 12.0 Å². The number of ether oxygens (including phenoxy) is 1. The predicted molar refractivity (Wildman–Crippen MR) is 80.9 cm³/mol. The van der Waals surface area contributed by atoms with Gasteiger partial charge in [-0.1, -0.05) is 67.2 Å². The fourth-order valence-corrected chi connectivity index (χ4v) is 2.00. The molecule has 0 amide bonds. The molecule has 0 fully saturated rings. The fourth-order valence-electron chi connectivity index (χ4n) is 2.00. The molecule has 1 nitrogen and oxygen atoms in total. The Hall–Kier alpha value is -1.86. The van der Waals surface area contributed by atoms with Gasteiger partial charge in [-0.25, -0.2) is 0 Å². The second-order valence-electron chi connectivity index (χ2n) is 4.64. The summed E-state index contributed by atoms with van der Waals surface area (Å²) < 4.78 is 5.86. The predicted octanol–water partition coefficient (Wildman–Crippen LogP) is 4.87. The van der Waals surface area contributed by atoms with Gasteiger partial charge >= 0.3 is 0 Å². The quantitative estimate of drug-likeness (QED) is 0.712. The van der Waals surface area contributed by atoms with Crippen LogP contribution in [0.15, 0.2) is 67.2 Å². The number of benzene rings is 2. The normalized spacial score (nSPS) is 12.1. The van der Waals surface area contributed by atoms with Crippen molar-refractivity contribution >= 4 is 5.57 Å². The van der Waals surface area contributed by atoms with Crippen molar-refractivity contribution in [3.8, 4) is 0 Å². The summed E-state index contributed by atoms with van der Waals surface area (Å²) >= 11 is 0. The van der Waals surface area contributed by atoms with E-state index in [1.807, 2.05) is 36.4 Å². The average Bonchev–Trinajstić information content (AvgIpc) is 2.49.